The molecule has 2 saturated carbocycles. The van der Waals surface area contributed by atoms with Crippen LogP contribution in [0, 0.1) is 11.8 Å². The molecule has 4 fully saturated rings. The lowest BCUT2D eigenvalue weighted by Crippen LogP contribution is -2.48. The van der Waals surface area contributed by atoms with Gasteiger partial charge in [-0.15, -0.1) is 0 Å². The van der Waals surface area contributed by atoms with Gasteiger partial charge >= 0.3 is 11.8 Å². The molecule has 2 aliphatic heterocycles. The number of fused-ring (bicyclic) bond motifs is 5. The Morgan fingerprint density at radius 1 is 0.632 bits per heavy atom. The maximum absolute atomic E-state index is 13.5. The molecule has 0 aromatic heterocycles. The molecule has 110 valence electrons. The summed E-state index contributed by atoms with van der Waals surface area (Å²) >= 11 is 0. The molecule has 2 nitrogen and oxygen atoms in total. The van der Waals surface area contributed by atoms with Gasteiger partial charge in [-0.1, -0.05) is 0 Å². The minimum atomic E-state index is -4.16. The highest BCUT2D eigenvalue weighted by Gasteiger charge is 2.57. The summed E-state index contributed by atoms with van der Waals surface area (Å²) in [6.07, 6.45) is 3.22. The molecule has 4 rings (SSSR count). The Kier molecular flexibility index (Phi) is 3.29. The molecule has 2 aliphatic carbocycles. The summed E-state index contributed by atoms with van der Waals surface area (Å²) in [7, 11) is 0. The zero-order chi connectivity index (χ0) is 13.7. The number of hydrogen-bond acceptors (Lipinski definition) is 2. The van der Waals surface area contributed by atoms with E-state index in [0.29, 0.717) is 37.5 Å². The summed E-state index contributed by atoms with van der Waals surface area (Å²) in [5.74, 6) is -7.59. The first-order valence-electron chi connectivity index (χ1n) is 6.84. The van der Waals surface area contributed by atoms with E-state index in [1.54, 1.807) is 0 Å². The van der Waals surface area contributed by atoms with E-state index in [0.717, 1.165) is 6.42 Å². The Morgan fingerprint density at radius 2 is 1.00 bits per heavy atom. The SMILES string of the molecule is FC1(F)COC2CC3CC(C2)CC(C3)OCC1(F)F. The fraction of sp³-hybridized carbons (Fsp3) is 1.00. The standard InChI is InChI=1S/C13H18F4O2/c14-12(15)6-18-10-2-8-1-9(4-10)5-11(3-8)19-7-13(12,16)17/h8-11H,1-7H2. The monoisotopic (exact) mass is 282 g/mol. The quantitative estimate of drug-likeness (QED) is 0.635. The summed E-state index contributed by atoms with van der Waals surface area (Å²) in [6, 6.07) is 0. The molecule has 2 heterocycles. The third-order valence-corrected chi connectivity index (χ3v) is 4.59. The molecule has 0 spiro atoms. The van der Waals surface area contributed by atoms with Gasteiger partial charge in [0, 0.05) is 0 Å². The second-order valence-electron chi connectivity index (χ2n) is 6.19. The number of rotatable bonds is 0. The number of hydrogen-bond donors (Lipinski definition) is 0. The number of halogens is 4. The van der Waals surface area contributed by atoms with Gasteiger partial charge in [-0.05, 0) is 43.9 Å². The normalized spacial score (nSPS) is 44.8. The first kappa shape index (κ1) is 13.6. The van der Waals surface area contributed by atoms with Crippen molar-refractivity contribution in [1.82, 2.24) is 0 Å². The maximum Gasteiger partial charge on any atom is 0.335 e. The van der Waals surface area contributed by atoms with Gasteiger partial charge < -0.3 is 9.47 Å². The summed E-state index contributed by atoms with van der Waals surface area (Å²) in [4.78, 5) is 0. The molecule has 0 radical (unpaired) electrons. The van der Waals surface area contributed by atoms with Gasteiger partial charge in [0.15, 0.2) is 0 Å². The van der Waals surface area contributed by atoms with E-state index >= 15 is 0 Å². The predicted molar refractivity (Wildman–Crippen MR) is 59.4 cm³/mol. The highest BCUT2D eigenvalue weighted by atomic mass is 19.3. The van der Waals surface area contributed by atoms with Crippen LogP contribution >= 0.6 is 0 Å². The minimum Gasteiger partial charge on any atom is -0.372 e. The third-order valence-electron chi connectivity index (χ3n) is 4.59. The Morgan fingerprint density at radius 3 is 1.37 bits per heavy atom. The molecule has 0 aromatic rings. The molecule has 19 heavy (non-hydrogen) atoms. The first-order valence-corrected chi connectivity index (χ1v) is 6.84. The van der Waals surface area contributed by atoms with Crippen LogP contribution in [-0.2, 0) is 9.47 Å². The van der Waals surface area contributed by atoms with Gasteiger partial charge in [0.05, 0.1) is 12.2 Å². The highest BCUT2D eigenvalue weighted by molar-refractivity contribution is 4.91. The van der Waals surface area contributed by atoms with Crippen LogP contribution in [0.5, 0.6) is 0 Å². The third kappa shape index (κ3) is 2.61. The fourth-order valence-electron chi connectivity index (χ4n) is 3.66. The Bertz CT molecular complexity index is 304. The van der Waals surface area contributed by atoms with Gasteiger partial charge in [0.2, 0.25) is 0 Å². The first-order chi connectivity index (χ1) is 8.86. The van der Waals surface area contributed by atoms with Crippen molar-refractivity contribution in [3.05, 3.63) is 0 Å². The van der Waals surface area contributed by atoms with Crippen molar-refractivity contribution in [3.63, 3.8) is 0 Å². The molecule has 4 aliphatic rings. The summed E-state index contributed by atoms with van der Waals surface area (Å²) < 4.78 is 64.1. The zero-order valence-corrected chi connectivity index (χ0v) is 10.6. The summed E-state index contributed by atoms with van der Waals surface area (Å²) in [5, 5.41) is 0. The molecular formula is C13H18F4O2. The second-order valence-corrected chi connectivity index (χ2v) is 6.19. The molecule has 0 N–H and O–H groups in total. The van der Waals surface area contributed by atoms with Gasteiger partial charge in [-0.2, -0.15) is 17.6 Å². The Hall–Kier alpha value is -0.360. The van der Waals surface area contributed by atoms with Crippen LogP contribution in [0.3, 0.4) is 0 Å². The topological polar surface area (TPSA) is 18.5 Å². The molecule has 2 saturated heterocycles. The van der Waals surface area contributed by atoms with Crippen LogP contribution in [0.15, 0.2) is 0 Å². The summed E-state index contributed by atoms with van der Waals surface area (Å²) in [5.41, 5.74) is 0. The fourth-order valence-corrected chi connectivity index (χ4v) is 3.66. The second kappa shape index (κ2) is 4.58. The lowest BCUT2D eigenvalue weighted by atomic mass is 9.70. The lowest BCUT2D eigenvalue weighted by molar-refractivity contribution is -0.257. The summed E-state index contributed by atoms with van der Waals surface area (Å²) in [6.45, 7) is -2.42. The average molecular weight is 282 g/mol. The van der Waals surface area contributed by atoms with Crippen LogP contribution in [-0.4, -0.2) is 37.3 Å². The van der Waals surface area contributed by atoms with Gasteiger partial charge in [0.1, 0.15) is 13.2 Å². The van der Waals surface area contributed by atoms with Crippen LogP contribution in [0.25, 0.3) is 0 Å². The largest absolute Gasteiger partial charge is 0.372 e. The van der Waals surface area contributed by atoms with Crippen molar-refractivity contribution < 1.29 is 27.0 Å². The van der Waals surface area contributed by atoms with Crippen LogP contribution in [0.1, 0.15) is 32.1 Å². The van der Waals surface area contributed by atoms with Gasteiger partial charge in [0.25, 0.3) is 0 Å². The van der Waals surface area contributed by atoms with E-state index in [9.17, 15) is 17.6 Å². The molecule has 0 amide bonds. The minimum absolute atomic E-state index is 0.301. The van der Waals surface area contributed by atoms with E-state index < -0.39 is 25.1 Å². The average Bonchev–Trinajstić information content (AvgIpc) is 2.33. The van der Waals surface area contributed by atoms with Crippen molar-refractivity contribution in [2.45, 2.75) is 56.2 Å². The van der Waals surface area contributed by atoms with E-state index in [1.165, 1.54) is 0 Å². The van der Waals surface area contributed by atoms with Crippen LogP contribution < -0.4 is 0 Å². The molecule has 0 aromatic carbocycles. The van der Waals surface area contributed by atoms with Crippen molar-refractivity contribution in [2.75, 3.05) is 13.2 Å². The Labute approximate surface area is 109 Å². The zero-order valence-electron chi connectivity index (χ0n) is 10.6. The molecule has 0 unspecified atom stereocenters. The molecule has 0 atom stereocenters. The van der Waals surface area contributed by atoms with Crippen molar-refractivity contribution in [3.8, 4) is 0 Å². The predicted octanol–water partition coefficient (Wildman–Crippen LogP) is 3.25. The lowest BCUT2D eigenvalue weighted by Gasteiger charge is -2.41. The van der Waals surface area contributed by atoms with Crippen LogP contribution in [0.2, 0.25) is 0 Å². The Balaban J connectivity index is 1.81. The highest BCUT2D eigenvalue weighted by Crippen LogP contribution is 2.44. The van der Waals surface area contributed by atoms with E-state index in [1.807, 2.05) is 0 Å². The number of ether oxygens (including phenoxy) is 2. The van der Waals surface area contributed by atoms with E-state index in [2.05, 4.69) is 0 Å². The molecule has 4 bridgehead atoms. The van der Waals surface area contributed by atoms with Gasteiger partial charge in [-0.3, -0.25) is 0 Å². The van der Waals surface area contributed by atoms with Gasteiger partial charge in [-0.25, -0.2) is 0 Å². The molecular weight excluding hydrogens is 264 g/mol. The van der Waals surface area contributed by atoms with E-state index in [-0.39, 0.29) is 12.2 Å². The van der Waals surface area contributed by atoms with Crippen molar-refractivity contribution in [1.29, 1.82) is 0 Å². The van der Waals surface area contributed by atoms with Crippen molar-refractivity contribution in [2.24, 2.45) is 11.8 Å². The molecule has 6 heteroatoms. The smallest absolute Gasteiger partial charge is 0.335 e. The van der Waals surface area contributed by atoms with Crippen LogP contribution in [0.4, 0.5) is 17.6 Å². The number of alkyl halides is 4. The van der Waals surface area contributed by atoms with E-state index in [4.69, 9.17) is 9.47 Å². The maximum atomic E-state index is 13.5. The van der Waals surface area contributed by atoms with Crippen molar-refractivity contribution >= 4 is 0 Å².